The summed E-state index contributed by atoms with van der Waals surface area (Å²) < 4.78 is 0. The first-order valence-electron chi connectivity index (χ1n) is 10.2. The summed E-state index contributed by atoms with van der Waals surface area (Å²) in [6.45, 7) is 4.06. The van der Waals surface area contributed by atoms with Crippen LogP contribution in [0.1, 0.15) is 77.0 Å². The number of carboxylic acid groups (broad SMARTS) is 2. The molecule has 2 fully saturated rings. The predicted octanol–water partition coefficient (Wildman–Crippen LogP) is 3.83. The first-order chi connectivity index (χ1) is 13.2. The minimum Gasteiger partial charge on any atom is -0.677 e. The molecular formula is C20H34N2O6Pt. The summed E-state index contributed by atoms with van der Waals surface area (Å²) in [5.41, 5.74) is 7.98. The van der Waals surface area contributed by atoms with Crippen molar-refractivity contribution >= 4 is 17.8 Å². The molecule has 0 saturated heterocycles. The van der Waals surface area contributed by atoms with E-state index in [0.29, 0.717) is 18.8 Å². The van der Waals surface area contributed by atoms with E-state index in [2.05, 4.69) is 6.92 Å². The second-order valence-electron chi connectivity index (χ2n) is 8.08. The van der Waals surface area contributed by atoms with Crippen molar-refractivity contribution in [3.8, 4) is 0 Å². The molecule has 1 unspecified atom stereocenters. The van der Waals surface area contributed by atoms with Crippen molar-refractivity contribution in [2.45, 2.75) is 83.1 Å². The summed E-state index contributed by atoms with van der Waals surface area (Å²) in [6.07, 6.45) is 10.5. The van der Waals surface area contributed by atoms with Crippen LogP contribution in [0.2, 0.25) is 0 Å². The molecule has 0 aliphatic heterocycles. The Morgan fingerprint density at radius 2 is 1.62 bits per heavy atom. The Labute approximate surface area is 187 Å². The van der Waals surface area contributed by atoms with Crippen LogP contribution in [0.25, 0.3) is 5.73 Å². The molecule has 0 heterocycles. The number of hydroxylamine groups is 1. The van der Waals surface area contributed by atoms with Gasteiger partial charge >= 0.3 is 33.0 Å². The minimum atomic E-state index is -1.44. The zero-order valence-electron chi connectivity index (χ0n) is 16.8. The van der Waals surface area contributed by atoms with Crippen molar-refractivity contribution in [1.29, 1.82) is 0 Å². The van der Waals surface area contributed by atoms with Crippen LogP contribution in [0, 0.1) is 24.2 Å². The standard InChI is InChI=1S/C14H26N2O2.C6H8O4.Pt/c1-11-10-12(8-9-13(11)15)6-4-2-3-5-7-14(17)16-18;7-4(8)6(5(9)10)2-1-3-6;/h11-13,15,18H,1-10H2,(H,16,17);1-3H2,(H,7,8)(H,9,10);/q-2;;+2/t11-,12?,13-;;/m1../s1. The molecule has 0 radical (unpaired) electrons. The maximum Gasteiger partial charge on any atom is 2.00 e. The second-order valence-corrected chi connectivity index (χ2v) is 8.08. The number of unbranched alkanes of at least 4 members (excludes halogenated alkanes) is 3. The summed E-state index contributed by atoms with van der Waals surface area (Å²) >= 11 is 0. The van der Waals surface area contributed by atoms with Crippen LogP contribution in [0.5, 0.6) is 0 Å². The Kier molecular flexibility index (Phi) is 13.6. The zero-order chi connectivity index (χ0) is 21.2. The van der Waals surface area contributed by atoms with Gasteiger partial charge in [-0.25, -0.2) is 5.48 Å². The Morgan fingerprint density at radius 3 is 2.03 bits per heavy atom. The van der Waals surface area contributed by atoms with Gasteiger partial charge in [-0.3, -0.25) is 19.6 Å². The van der Waals surface area contributed by atoms with Crippen molar-refractivity contribution in [2.75, 3.05) is 0 Å². The van der Waals surface area contributed by atoms with Crippen molar-refractivity contribution in [2.24, 2.45) is 17.3 Å². The minimum absolute atomic E-state index is 0. The Balaban J connectivity index is 0.000000606. The third kappa shape index (κ3) is 9.14. The van der Waals surface area contributed by atoms with Crippen molar-refractivity contribution in [3.63, 3.8) is 0 Å². The number of hydrogen-bond donors (Lipinski definition) is 4. The number of carboxylic acids is 2. The van der Waals surface area contributed by atoms with Crippen LogP contribution in [0.15, 0.2) is 0 Å². The molecule has 0 aromatic heterocycles. The molecule has 9 heteroatoms. The van der Waals surface area contributed by atoms with E-state index in [4.69, 9.17) is 21.2 Å². The fraction of sp³-hybridized carbons (Fsp3) is 0.800. The molecule has 2 aliphatic carbocycles. The molecule has 8 nitrogen and oxygen atoms in total. The second kappa shape index (κ2) is 14.1. The normalized spacial score (nSPS) is 24.7. The number of nitrogens with one attached hydrogen (secondary N) is 2. The van der Waals surface area contributed by atoms with Gasteiger partial charge in [0.15, 0.2) is 5.41 Å². The smallest absolute Gasteiger partial charge is 0.677 e. The van der Waals surface area contributed by atoms with Gasteiger partial charge in [0.05, 0.1) is 0 Å². The third-order valence-electron chi connectivity index (χ3n) is 6.01. The van der Waals surface area contributed by atoms with Gasteiger partial charge in [-0.15, -0.1) is 0 Å². The third-order valence-corrected chi connectivity index (χ3v) is 6.01. The van der Waals surface area contributed by atoms with Crippen LogP contribution >= 0.6 is 0 Å². The summed E-state index contributed by atoms with van der Waals surface area (Å²) in [5.74, 6) is -1.62. The molecular weight excluding hydrogens is 559 g/mol. The van der Waals surface area contributed by atoms with E-state index >= 15 is 0 Å². The van der Waals surface area contributed by atoms with Crippen LogP contribution in [-0.4, -0.2) is 39.3 Å². The van der Waals surface area contributed by atoms with Crippen LogP contribution in [0.4, 0.5) is 0 Å². The number of aliphatic carboxylic acids is 2. The maximum atomic E-state index is 10.8. The molecule has 5 N–H and O–H groups in total. The maximum absolute atomic E-state index is 10.8. The monoisotopic (exact) mass is 593 g/mol. The number of rotatable bonds is 9. The summed E-state index contributed by atoms with van der Waals surface area (Å²) in [7, 11) is 0. The Bertz CT molecular complexity index is 511. The number of amides is 1. The molecule has 3 atom stereocenters. The quantitative estimate of drug-likeness (QED) is 0.105. The zero-order valence-corrected chi connectivity index (χ0v) is 19.1. The molecule has 0 spiro atoms. The van der Waals surface area contributed by atoms with Crippen LogP contribution in [0.3, 0.4) is 0 Å². The first kappa shape index (κ1) is 28.0. The van der Waals surface area contributed by atoms with Crippen molar-refractivity contribution < 1.29 is 50.9 Å². The van der Waals surface area contributed by atoms with Gasteiger partial charge in [-0.2, -0.15) is 12.0 Å². The summed E-state index contributed by atoms with van der Waals surface area (Å²) in [6, 6.07) is 0.0539. The van der Waals surface area contributed by atoms with E-state index in [9.17, 15) is 14.4 Å². The molecule has 0 aromatic carbocycles. The van der Waals surface area contributed by atoms with Gasteiger partial charge in [-0.05, 0) is 31.6 Å². The fourth-order valence-electron chi connectivity index (χ4n) is 3.80. The summed E-state index contributed by atoms with van der Waals surface area (Å²) in [5, 5.41) is 25.3. The van der Waals surface area contributed by atoms with E-state index in [-0.39, 0.29) is 45.9 Å². The number of carbonyl (C=O) groups excluding carboxylic acids is 1. The molecule has 29 heavy (non-hydrogen) atoms. The molecule has 2 saturated carbocycles. The largest absolute Gasteiger partial charge is 2.00 e. The Morgan fingerprint density at radius 1 is 1.03 bits per heavy atom. The fourth-order valence-corrected chi connectivity index (χ4v) is 3.80. The van der Waals surface area contributed by atoms with Gasteiger partial charge in [0, 0.05) is 6.42 Å². The van der Waals surface area contributed by atoms with Gasteiger partial charge in [0.25, 0.3) is 0 Å². The number of hydrogen-bond acceptors (Lipinski definition) is 4. The number of carbonyl (C=O) groups is 3. The van der Waals surface area contributed by atoms with Crippen molar-refractivity contribution in [3.05, 3.63) is 12.7 Å². The van der Waals surface area contributed by atoms with E-state index in [1.54, 1.807) is 5.48 Å². The van der Waals surface area contributed by atoms with Gasteiger partial charge in [0.1, 0.15) is 0 Å². The van der Waals surface area contributed by atoms with Gasteiger partial charge in [-0.1, -0.05) is 44.9 Å². The van der Waals surface area contributed by atoms with E-state index in [0.717, 1.165) is 38.0 Å². The van der Waals surface area contributed by atoms with E-state index in [1.165, 1.54) is 19.3 Å². The average Bonchev–Trinajstić information content (AvgIpc) is 2.59. The molecule has 1 amide bonds. The molecule has 0 aromatic rings. The topological polar surface area (TPSA) is 148 Å². The molecule has 2 rings (SSSR count). The average molecular weight is 594 g/mol. The van der Waals surface area contributed by atoms with E-state index in [1.807, 2.05) is 0 Å². The molecule has 170 valence electrons. The van der Waals surface area contributed by atoms with Crippen LogP contribution < -0.4 is 5.48 Å². The summed E-state index contributed by atoms with van der Waals surface area (Å²) in [4.78, 5) is 31.5. The molecule has 0 bridgehead atoms. The van der Waals surface area contributed by atoms with Crippen molar-refractivity contribution in [1.82, 2.24) is 5.48 Å². The van der Waals surface area contributed by atoms with Crippen LogP contribution in [-0.2, 0) is 35.4 Å². The Hall–Kier alpha value is -0.982. The van der Waals surface area contributed by atoms with Gasteiger partial charge < -0.3 is 22.9 Å². The molecule has 2 aliphatic rings. The first-order valence-corrected chi connectivity index (χ1v) is 10.2. The van der Waals surface area contributed by atoms with E-state index < -0.39 is 17.4 Å². The SMILES string of the molecule is O=C(O)C1(C(=O)O)CCC1.[CH2-][C@@H]1CC(CCCCCCC(=O)NO)CC[C@H]1[NH-].[Pt+2]. The predicted molar refractivity (Wildman–Crippen MR) is 103 cm³/mol. The van der Waals surface area contributed by atoms with Gasteiger partial charge in [0.2, 0.25) is 5.91 Å².